The van der Waals surface area contributed by atoms with Crippen LogP contribution in [-0.4, -0.2) is 28.1 Å². The van der Waals surface area contributed by atoms with Crippen molar-refractivity contribution in [2.45, 2.75) is 69.9 Å². The van der Waals surface area contributed by atoms with E-state index < -0.39 is 23.1 Å². The topological polar surface area (TPSA) is 119 Å². The SMILES string of the molecule is CC(Sc1cccc(NC(=O)C2CC=CCC2C(=O)O)c1)C(=O)Nc1sc2c(c1C#N)CCC(C(C)(C)C)C2. The minimum absolute atomic E-state index is 0.185. The zero-order valence-electron chi connectivity index (χ0n) is 22.7. The van der Waals surface area contributed by atoms with Crippen molar-refractivity contribution in [2.75, 3.05) is 10.6 Å². The lowest BCUT2D eigenvalue weighted by Crippen LogP contribution is -2.34. The summed E-state index contributed by atoms with van der Waals surface area (Å²) < 4.78 is 0. The summed E-state index contributed by atoms with van der Waals surface area (Å²) in [5.41, 5.74) is 2.43. The molecule has 1 aromatic carbocycles. The summed E-state index contributed by atoms with van der Waals surface area (Å²) >= 11 is 2.88. The van der Waals surface area contributed by atoms with Crippen molar-refractivity contribution in [3.05, 3.63) is 52.4 Å². The monoisotopic (exact) mass is 565 g/mol. The number of benzene rings is 1. The largest absolute Gasteiger partial charge is 0.481 e. The molecule has 2 aromatic rings. The molecule has 1 aromatic heterocycles. The van der Waals surface area contributed by atoms with Crippen molar-refractivity contribution in [3.8, 4) is 6.07 Å². The number of thioether (sulfide) groups is 1. The summed E-state index contributed by atoms with van der Waals surface area (Å²) in [6.45, 7) is 8.57. The van der Waals surface area contributed by atoms with Crippen LogP contribution in [0.4, 0.5) is 10.7 Å². The normalized spacial score (nSPS) is 21.4. The molecule has 3 N–H and O–H groups in total. The maximum atomic E-state index is 13.1. The average molecular weight is 566 g/mol. The number of anilines is 2. The van der Waals surface area contributed by atoms with Crippen LogP contribution in [0.1, 0.15) is 63.0 Å². The number of carboxylic acid groups (broad SMARTS) is 1. The zero-order chi connectivity index (χ0) is 28.3. The second-order valence-electron chi connectivity index (χ2n) is 11.4. The van der Waals surface area contributed by atoms with Crippen LogP contribution in [0.15, 0.2) is 41.3 Å². The Morgan fingerprint density at radius 1 is 1.15 bits per heavy atom. The second kappa shape index (κ2) is 12.0. The van der Waals surface area contributed by atoms with Gasteiger partial charge in [-0.2, -0.15) is 5.26 Å². The van der Waals surface area contributed by atoms with Gasteiger partial charge in [0, 0.05) is 15.5 Å². The Labute approximate surface area is 238 Å². The molecule has 2 aliphatic rings. The van der Waals surface area contributed by atoms with E-state index in [2.05, 4.69) is 37.5 Å². The molecule has 0 fully saturated rings. The van der Waals surface area contributed by atoms with Gasteiger partial charge in [0.15, 0.2) is 0 Å². The summed E-state index contributed by atoms with van der Waals surface area (Å²) in [7, 11) is 0. The molecule has 0 saturated heterocycles. The Hall–Kier alpha value is -3.09. The first-order valence-corrected chi connectivity index (χ1v) is 15.0. The van der Waals surface area contributed by atoms with E-state index in [1.54, 1.807) is 24.3 Å². The van der Waals surface area contributed by atoms with Gasteiger partial charge in [0.05, 0.1) is 22.6 Å². The molecule has 7 nitrogen and oxygen atoms in total. The van der Waals surface area contributed by atoms with E-state index in [0.717, 1.165) is 29.7 Å². The number of fused-ring (bicyclic) bond motifs is 1. The Kier molecular flexibility index (Phi) is 8.87. The molecule has 2 amide bonds. The third kappa shape index (κ3) is 6.74. The van der Waals surface area contributed by atoms with Crippen molar-refractivity contribution in [1.29, 1.82) is 5.26 Å². The maximum absolute atomic E-state index is 13.1. The number of carbonyl (C=O) groups is 3. The predicted octanol–water partition coefficient (Wildman–Crippen LogP) is 6.50. The van der Waals surface area contributed by atoms with Crippen molar-refractivity contribution in [1.82, 2.24) is 0 Å². The van der Waals surface area contributed by atoms with Gasteiger partial charge in [0.25, 0.3) is 0 Å². The molecule has 0 saturated carbocycles. The molecular formula is C30H35N3O4S2. The van der Waals surface area contributed by atoms with Gasteiger partial charge in [-0.3, -0.25) is 14.4 Å². The summed E-state index contributed by atoms with van der Waals surface area (Å²) in [6.07, 6.45) is 7.22. The van der Waals surface area contributed by atoms with Gasteiger partial charge >= 0.3 is 5.97 Å². The zero-order valence-corrected chi connectivity index (χ0v) is 24.4. The Morgan fingerprint density at radius 3 is 2.54 bits per heavy atom. The highest BCUT2D eigenvalue weighted by Gasteiger charge is 2.34. The van der Waals surface area contributed by atoms with Gasteiger partial charge in [-0.05, 0) is 74.1 Å². The number of hydrogen-bond donors (Lipinski definition) is 3. The smallest absolute Gasteiger partial charge is 0.307 e. The number of nitrogens with one attached hydrogen (secondary N) is 2. The van der Waals surface area contributed by atoms with E-state index in [1.807, 2.05) is 19.1 Å². The van der Waals surface area contributed by atoms with E-state index in [-0.39, 0.29) is 17.2 Å². The molecule has 206 valence electrons. The standard InChI is InChI=1S/C30H35N3O4S2/c1-17(26(34)33-28-24(16-31)21-13-12-18(30(2,3)4)14-25(21)39-28)38-20-9-7-8-19(15-20)32-27(35)22-10-5-6-11-23(22)29(36)37/h5-9,15,17-18,22-23H,10-14H2,1-4H3,(H,32,35)(H,33,34)(H,36,37). The number of aliphatic carboxylic acids is 1. The van der Waals surface area contributed by atoms with Gasteiger partial charge in [-0.25, -0.2) is 0 Å². The molecule has 0 spiro atoms. The number of allylic oxidation sites excluding steroid dienone is 2. The quantitative estimate of drug-likeness (QED) is 0.261. The average Bonchev–Trinajstić information content (AvgIpc) is 3.24. The van der Waals surface area contributed by atoms with Gasteiger partial charge in [0.2, 0.25) is 11.8 Å². The van der Waals surface area contributed by atoms with Crippen LogP contribution < -0.4 is 10.6 Å². The lowest BCUT2D eigenvalue weighted by Gasteiger charge is -2.33. The number of amides is 2. The lowest BCUT2D eigenvalue weighted by atomic mass is 9.72. The predicted molar refractivity (Wildman–Crippen MR) is 156 cm³/mol. The first kappa shape index (κ1) is 28.9. The number of hydrogen-bond acceptors (Lipinski definition) is 6. The van der Waals surface area contributed by atoms with E-state index in [4.69, 9.17) is 0 Å². The molecule has 0 bridgehead atoms. The minimum atomic E-state index is -0.969. The number of rotatable bonds is 7. The molecule has 9 heteroatoms. The van der Waals surface area contributed by atoms with E-state index >= 15 is 0 Å². The highest BCUT2D eigenvalue weighted by atomic mass is 32.2. The van der Waals surface area contributed by atoms with Crippen molar-refractivity contribution < 1.29 is 19.5 Å². The number of carboxylic acids is 1. The Balaban J connectivity index is 1.40. The molecular weight excluding hydrogens is 530 g/mol. The lowest BCUT2D eigenvalue weighted by molar-refractivity contribution is -0.146. The first-order valence-electron chi connectivity index (χ1n) is 13.3. The molecule has 4 rings (SSSR count). The third-order valence-corrected chi connectivity index (χ3v) is 9.97. The fourth-order valence-corrected chi connectivity index (χ4v) is 7.47. The van der Waals surface area contributed by atoms with Crippen LogP contribution in [0, 0.1) is 34.5 Å². The van der Waals surface area contributed by atoms with Crippen molar-refractivity contribution in [2.24, 2.45) is 23.2 Å². The molecule has 2 aliphatic carbocycles. The van der Waals surface area contributed by atoms with E-state index in [9.17, 15) is 24.8 Å². The number of nitriles is 1. The molecule has 1 heterocycles. The minimum Gasteiger partial charge on any atom is -0.481 e. The Bertz CT molecular complexity index is 1330. The van der Waals surface area contributed by atoms with Crippen LogP contribution >= 0.6 is 23.1 Å². The van der Waals surface area contributed by atoms with Crippen molar-refractivity contribution >= 4 is 51.6 Å². The van der Waals surface area contributed by atoms with Crippen LogP contribution in [-0.2, 0) is 27.2 Å². The summed E-state index contributed by atoms with van der Waals surface area (Å²) in [5.74, 6) is -2.29. The number of carbonyl (C=O) groups excluding carboxylic acids is 2. The van der Waals surface area contributed by atoms with Gasteiger partial charge in [0.1, 0.15) is 11.1 Å². The molecule has 39 heavy (non-hydrogen) atoms. The van der Waals surface area contributed by atoms with Crippen LogP contribution in [0.3, 0.4) is 0 Å². The maximum Gasteiger partial charge on any atom is 0.307 e. The van der Waals surface area contributed by atoms with Gasteiger partial charge < -0.3 is 15.7 Å². The molecule has 0 radical (unpaired) electrons. The van der Waals surface area contributed by atoms with E-state index in [1.165, 1.54) is 28.0 Å². The molecule has 0 aliphatic heterocycles. The highest BCUT2D eigenvalue weighted by Crippen LogP contribution is 2.44. The van der Waals surface area contributed by atoms with E-state index in [0.29, 0.717) is 35.0 Å². The van der Waals surface area contributed by atoms with Crippen LogP contribution in [0.25, 0.3) is 0 Å². The fourth-order valence-electron chi connectivity index (χ4n) is 5.26. The summed E-state index contributed by atoms with van der Waals surface area (Å²) in [4.78, 5) is 39.5. The number of thiophene rings is 1. The summed E-state index contributed by atoms with van der Waals surface area (Å²) in [5, 5.41) is 25.4. The number of nitrogens with zero attached hydrogens (tertiary/aromatic N) is 1. The molecule has 4 unspecified atom stereocenters. The van der Waals surface area contributed by atoms with Gasteiger partial charge in [-0.15, -0.1) is 23.1 Å². The second-order valence-corrected chi connectivity index (χ2v) is 13.9. The van der Waals surface area contributed by atoms with Crippen molar-refractivity contribution in [3.63, 3.8) is 0 Å². The highest BCUT2D eigenvalue weighted by molar-refractivity contribution is 8.00. The van der Waals surface area contributed by atoms with Gasteiger partial charge in [-0.1, -0.05) is 39.0 Å². The fraction of sp³-hybridized carbons (Fsp3) is 0.467. The van der Waals surface area contributed by atoms with Crippen LogP contribution in [0.2, 0.25) is 0 Å². The molecule has 4 atom stereocenters. The van der Waals surface area contributed by atoms with Crippen LogP contribution in [0.5, 0.6) is 0 Å². The summed E-state index contributed by atoms with van der Waals surface area (Å²) in [6, 6.07) is 9.52. The Morgan fingerprint density at radius 2 is 1.87 bits per heavy atom. The first-order chi connectivity index (χ1) is 18.5. The third-order valence-electron chi connectivity index (χ3n) is 7.71.